The molecular formula is C24H29N3O4S. The number of hydrogen-bond acceptors (Lipinski definition) is 7. The highest BCUT2D eigenvalue weighted by molar-refractivity contribution is 7.22. The maximum Gasteiger partial charge on any atom is 0.252 e. The number of hydrogen-bond donors (Lipinski definition) is 0. The molecule has 32 heavy (non-hydrogen) atoms. The second-order valence-corrected chi connectivity index (χ2v) is 8.28. The van der Waals surface area contributed by atoms with Gasteiger partial charge in [-0.25, -0.2) is 4.98 Å². The van der Waals surface area contributed by atoms with Gasteiger partial charge in [-0.3, -0.25) is 9.69 Å². The molecule has 170 valence electrons. The van der Waals surface area contributed by atoms with Gasteiger partial charge in [0.25, 0.3) is 5.91 Å². The summed E-state index contributed by atoms with van der Waals surface area (Å²) < 4.78 is 17.3. The fraction of sp³-hybridized carbons (Fsp3) is 0.333. The Kier molecular flexibility index (Phi) is 8.08. The van der Waals surface area contributed by atoms with E-state index < -0.39 is 0 Å². The van der Waals surface area contributed by atoms with Crippen molar-refractivity contribution in [3.8, 4) is 17.2 Å². The average molecular weight is 456 g/mol. The standard InChI is InChI=1S/C24H29N3O4S/c1-6-31-19-8-7-9-21-23(19)25-24(32-21)27(15-14-26(2)3)22(28)13-11-17-10-12-18(29-4)20(16-17)30-5/h7-13,16H,6,14-15H2,1-5H3/b13-11+. The SMILES string of the molecule is CCOc1cccc2sc(N(CCN(C)C)C(=O)/C=C/c3ccc(OC)c(OC)c3)nc12. The van der Waals surface area contributed by atoms with Gasteiger partial charge in [0, 0.05) is 19.2 Å². The fourth-order valence-corrected chi connectivity index (χ4v) is 4.13. The number of fused-ring (bicyclic) bond motifs is 1. The van der Waals surface area contributed by atoms with E-state index in [4.69, 9.17) is 19.2 Å². The summed E-state index contributed by atoms with van der Waals surface area (Å²) in [7, 11) is 7.14. The summed E-state index contributed by atoms with van der Waals surface area (Å²) in [6.45, 7) is 3.73. The maximum absolute atomic E-state index is 13.2. The van der Waals surface area contributed by atoms with Crippen LogP contribution >= 0.6 is 11.3 Å². The number of carbonyl (C=O) groups is 1. The molecule has 3 aromatic rings. The lowest BCUT2D eigenvalue weighted by Gasteiger charge is -2.20. The van der Waals surface area contributed by atoms with Crippen molar-refractivity contribution in [1.29, 1.82) is 0 Å². The lowest BCUT2D eigenvalue weighted by atomic mass is 10.2. The molecule has 0 aliphatic carbocycles. The lowest BCUT2D eigenvalue weighted by molar-refractivity contribution is -0.114. The van der Waals surface area contributed by atoms with Crippen molar-refractivity contribution in [3.63, 3.8) is 0 Å². The molecule has 1 aromatic heterocycles. The predicted molar refractivity (Wildman–Crippen MR) is 130 cm³/mol. The molecule has 3 rings (SSSR count). The minimum atomic E-state index is -0.140. The van der Waals surface area contributed by atoms with Crippen LogP contribution in [0.2, 0.25) is 0 Å². The first-order valence-corrected chi connectivity index (χ1v) is 11.2. The number of thiazole rings is 1. The number of benzene rings is 2. The molecule has 0 aliphatic heterocycles. The number of aromatic nitrogens is 1. The van der Waals surface area contributed by atoms with Gasteiger partial charge in [-0.15, -0.1) is 0 Å². The molecule has 0 bridgehead atoms. The van der Waals surface area contributed by atoms with E-state index >= 15 is 0 Å². The molecule has 0 aliphatic rings. The van der Waals surface area contributed by atoms with Gasteiger partial charge < -0.3 is 19.1 Å². The largest absolute Gasteiger partial charge is 0.493 e. The molecule has 7 nitrogen and oxygen atoms in total. The summed E-state index contributed by atoms with van der Waals surface area (Å²) >= 11 is 1.48. The summed E-state index contributed by atoms with van der Waals surface area (Å²) in [6.07, 6.45) is 3.33. The van der Waals surface area contributed by atoms with Gasteiger partial charge in [0.15, 0.2) is 16.6 Å². The van der Waals surface area contributed by atoms with Crippen LogP contribution in [0.3, 0.4) is 0 Å². The Morgan fingerprint density at radius 1 is 1.06 bits per heavy atom. The predicted octanol–water partition coefficient (Wildman–Crippen LogP) is 4.32. The number of likely N-dealkylation sites (N-methyl/N-ethyl adjacent to an activating group) is 1. The van der Waals surface area contributed by atoms with Crippen LogP contribution in [0.4, 0.5) is 5.13 Å². The highest BCUT2D eigenvalue weighted by Crippen LogP contribution is 2.34. The fourth-order valence-electron chi connectivity index (χ4n) is 3.11. The zero-order valence-corrected chi connectivity index (χ0v) is 19.9. The van der Waals surface area contributed by atoms with Crippen molar-refractivity contribution >= 4 is 38.7 Å². The van der Waals surface area contributed by atoms with Crippen LogP contribution in [0.15, 0.2) is 42.5 Å². The van der Waals surface area contributed by atoms with E-state index in [2.05, 4.69) is 0 Å². The van der Waals surface area contributed by atoms with E-state index in [1.165, 1.54) is 11.3 Å². The van der Waals surface area contributed by atoms with Crippen molar-refractivity contribution in [2.24, 2.45) is 0 Å². The van der Waals surface area contributed by atoms with Crippen LogP contribution in [-0.4, -0.2) is 63.8 Å². The number of ether oxygens (including phenoxy) is 3. The molecule has 0 spiro atoms. The van der Waals surface area contributed by atoms with Gasteiger partial charge in [-0.2, -0.15) is 0 Å². The van der Waals surface area contributed by atoms with Crippen LogP contribution < -0.4 is 19.1 Å². The first-order chi connectivity index (χ1) is 15.5. The molecule has 2 aromatic carbocycles. The van der Waals surface area contributed by atoms with E-state index in [1.807, 2.05) is 62.3 Å². The Bertz CT molecular complexity index is 1090. The van der Waals surface area contributed by atoms with Crippen molar-refractivity contribution in [3.05, 3.63) is 48.0 Å². The van der Waals surface area contributed by atoms with Gasteiger partial charge in [-0.1, -0.05) is 23.5 Å². The quantitative estimate of drug-likeness (QED) is 0.424. The minimum absolute atomic E-state index is 0.140. The highest BCUT2D eigenvalue weighted by atomic mass is 32.1. The van der Waals surface area contributed by atoms with E-state index in [-0.39, 0.29) is 5.91 Å². The first kappa shape index (κ1) is 23.6. The van der Waals surface area contributed by atoms with Crippen LogP contribution in [0, 0.1) is 0 Å². The van der Waals surface area contributed by atoms with E-state index in [9.17, 15) is 4.79 Å². The smallest absolute Gasteiger partial charge is 0.252 e. The summed E-state index contributed by atoms with van der Waals surface area (Å²) in [6, 6.07) is 11.4. The number of para-hydroxylation sites is 1. The summed E-state index contributed by atoms with van der Waals surface area (Å²) in [5.74, 6) is 1.84. The molecule has 0 saturated carbocycles. The molecule has 0 fully saturated rings. The topological polar surface area (TPSA) is 64.1 Å². The monoisotopic (exact) mass is 455 g/mol. The van der Waals surface area contributed by atoms with Gasteiger partial charge >= 0.3 is 0 Å². The molecule has 1 amide bonds. The Hall–Kier alpha value is -3.10. The molecule has 0 saturated heterocycles. The van der Waals surface area contributed by atoms with E-state index in [0.717, 1.165) is 21.5 Å². The molecule has 0 N–H and O–H groups in total. The summed E-state index contributed by atoms with van der Waals surface area (Å²) in [5, 5.41) is 0.649. The molecule has 0 atom stereocenters. The normalized spacial score (nSPS) is 11.3. The van der Waals surface area contributed by atoms with Crippen LogP contribution in [0.1, 0.15) is 12.5 Å². The second kappa shape index (κ2) is 11.0. The van der Waals surface area contributed by atoms with E-state index in [0.29, 0.717) is 36.3 Å². The Morgan fingerprint density at radius 3 is 2.53 bits per heavy atom. The third-order valence-electron chi connectivity index (χ3n) is 4.76. The van der Waals surface area contributed by atoms with Crippen LogP contribution in [-0.2, 0) is 4.79 Å². The zero-order valence-electron chi connectivity index (χ0n) is 19.1. The molecular weight excluding hydrogens is 426 g/mol. The molecule has 8 heteroatoms. The van der Waals surface area contributed by atoms with Gasteiger partial charge in [-0.05, 0) is 56.9 Å². The zero-order chi connectivity index (χ0) is 23.1. The Balaban J connectivity index is 1.90. The van der Waals surface area contributed by atoms with Crippen molar-refractivity contribution in [2.75, 3.05) is 52.9 Å². The number of anilines is 1. The van der Waals surface area contributed by atoms with E-state index in [1.54, 1.807) is 31.3 Å². The summed E-state index contributed by atoms with van der Waals surface area (Å²) in [5.41, 5.74) is 1.62. The number of nitrogens with zero attached hydrogens (tertiary/aromatic N) is 3. The Morgan fingerprint density at radius 2 is 1.84 bits per heavy atom. The second-order valence-electron chi connectivity index (χ2n) is 7.27. The third-order valence-corrected chi connectivity index (χ3v) is 5.81. The number of amides is 1. The molecule has 0 unspecified atom stereocenters. The van der Waals surface area contributed by atoms with Gasteiger partial charge in [0.1, 0.15) is 11.3 Å². The van der Waals surface area contributed by atoms with Gasteiger partial charge in [0.2, 0.25) is 0 Å². The molecule has 0 radical (unpaired) electrons. The average Bonchev–Trinajstić information content (AvgIpc) is 3.22. The van der Waals surface area contributed by atoms with Crippen molar-refractivity contribution in [1.82, 2.24) is 9.88 Å². The number of rotatable bonds is 10. The minimum Gasteiger partial charge on any atom is -0.493 e. The summed E-state index contributed by atoms with van der Waals surface area (Å²) in [4.78, 5) is 21.7. The number of carbonyl (C=O) groups excluding carboxylic acids is 1. The Labute approximate surface area is 192 Å². The van der Waals surface area contributed by atoms with Gasteiger partial charge in [0.05, 0.1) is 25.5 Å². The van der Waals surface area contributed by atoms with Crippen molar-refractivity contribution < 1.29 is 19.0 Å². The maximum atomic E-state index is 13.2. The first-order valence-electron chi connectivity index (χ1n) is 10.4. The third kappa shape index (κ3) is 5.57. The van der Waals surface area contributed by atoms with Crippen molar-refractivity contribution in [2.45, 2.75) is 6.92 Å². The number of methoxy groups -OCH3 is 2. The van der Waals surface area contributed by atoms with Crippen LogP contribution in [0.5, 0.6) is 17.2 Å². The van der Waals surface area contributed by atoms with Crippen LogP contribution in [0.25, 0.3) is 16.3 Å². The molecule has 1 heterocycles. The lowest BCUT2D eigenvalue weighted by Crippen LogP contribution is -2.35. The highest BCUT2D eigenvalue weighted by Gasteiger charge is 2.19.